The molecule has 0 amide bonds. The first-order chi connectivity index (χ1) is 6.73. The van der Waals surface area contributed by atoms with E-state index in [2.05, 4.69) is 0 Å². The molecule has 2 N–H and O–H groups in total. The van der Waals surface area contributed by atoms with Gasteiger partial charge in [-0.2, -0.15) is 13.2 Å². The van der Waals surface area contributed by atoms with Gasteiger partial charge in [0.05, 0.1) is 0 Å². The van der Waals surface area contributed by atoms with E-state index in [4.69, 9.17) is 5.73 Å². The lowest BCUT2D eigenvalue weighted by atomic mass is 10.0. The van der Waals surface area contributed by atoms with Crippen LogP contribution < -0.4 is 5.73 Å². The van der Waals surface area contributed by atoms with Crippen molar-refractivity contribution in [1.82, 2.24) is 0 Å². The molecule has 0 bridgehead atoms. The average molecular weight is 225 g/mol. The monoisotopic (exact) mass is 225 g/mol. The van der Waals surface area contributed by atoms with Gasteiger partial charge < -0.3 is 5.73 Å². The zero-order valence-corrected chi connectivity index (χ0v) is 7.70. The highest BCUT2D eigenvalue weighted by Crippen LogP contribution is 2.33. The van der Waals surface area contributed by atoms with E-state index in [9.17, 15) is 22.0 Å². The maximum absolute atomic E-state index is 12.9. The molecule has 0 aliphatic rings. The summed E-state index contributed by atoms with van der Waals surface area (Å²) in [5.74, 6) is -2.11. The van der Waals surface area contributed by atoms with Crippen molar-refractivity contribution in [2.45, 2.75) is 19.1 Å². The van der Waals surface area contributed by atoms with E-state index in [-0.39, 0.29) is 5.56 Å². The van der Waals surface area contributed by atoms with Crippen LogP contribution in [0.3, 0.4) is 0 Å². The zero-order valence-electron chi connectivity index (χ0n) is 7.70. The third-order valence-corrected chi connectivity index (χ3v) is 2.04. The van der Waals surface area contributed by atoms with Gasteiger partial charge in [0.2, 0.25) is 0 Å². The summed E-state index contributed by atoms with van der Waals surface area (Å²) in [5, 5.41) is 0. The highest BCUT2D eigenvalue weighted by atomic mass is 19.4. The molecule has 0 saturated carbocycles. The number of hydrogen-bond acceptors (Lipinski definition) is 1. The van der Waals surface area contributed by atoms with Crippen LogP contribution in [0.5, 0.6) is 0 Å². The SMILES string of the molecule is Cc1c(F)cc(F)cc1C(N)C(F)(F)F. The van der Waals surface area contributed by atoms with Gasteiger partial charge in [-0.3, -0.25) is 0 Å². The summed E-state index contributed by atoms with van der Waals surface area (Å²) in [7, 11) is 0. The molecule has 0 saturated heterocycles. The van der Waals surface area contributed by atoms with Crippen LogP contribution in [0.1, 0.15) is 17.2 Å². The molecular weight excluding hydrogens is 217 g/mol. The van der Waals surface area contributed by atoms with Crippen LogP contribution in [0.15, 0.2) is 12.1 Å². The van der Waals surface area contributed by atoms with Crippen molar-refractivity contribution in [3.63, 3.8) is 0 Å². The summed E-state index contributed by atoms with van der Waals surface area (Å²) in [6.45, 7) is 1.12. The summed E-state index contributed by atoms with van der Waals surface area (Å²) >= 11 is 0. The predicted molar refractivity (Wildman–Crippen MR) is 44.1 cm³/mol. The maximum atomic E-state index is 12.9. The van der Waals surface area contributed by atoms with Gasteiger partial charge in [-0.15, -0.1) is 0 Å². The van der Waals surface area contributed by atoms with Crippen molar-refractivity contribution in [2.24, 2.45) is 5.73 Å². The van der Waals surface area contributed by atoms with E-state index in [1.54, 1.807) is 0 Å². The highest BCUT2D eigenvalue weighted by Gasteiger charge is 2.39. The number of hydrogen-bond donors (Lipinski definition) is 1. The van der Waals surface area contributed by atoms with Crippen LogP contribution in [0.25, 0.3) is 0 Å². The second kappa shape index (κ2) is 3.77. The van der Waals surface area contributed by atoms with Crippen molar-refractivity contribution >= 4 is 0 Å². The molecule has 1 nitrogen and oxygen atoms in total. The second-order valence-electron chi connectivity index (χ2n) is 3.12. The maximum Gasteiger partial charge on any atom is 0.407 e. The number of rotatable bonds is 1. The normalized spacial score (nSPS) is 14.1. The van der Waals surface area contributed by atoms with Crippen LogP contribution in [0.4, 0.5) is 22.0 Å². The summed E-state index contributed by atoms with van der Waals surface area (Å²) in [6, 6.07) is -1.26. The van der Waals surface area contributed by atoms with E-state index in [0.29, 0.717) is 12.1 Å². The fourth-order valence-electron chi connectivity index (χ4n) is 1.17. The largest absolute Gasteiger partial charge is 0.407 e. The van der Waals surface area contributed by atoms with Crippen molar-refractivity contribution in [3.05, 3.63) is 34.9 Å². The second-order valence-corrected chi connectivity index (χ2v) is 3.12. The van der Waals surface area contributed by atoms with Crippen molar-refractivity contribution in [1.29, 1.82) is 0 Å². The Bertz CT molecular complexity index is 372. The van der Waals surface area contributed by atoms with Crippen LogP contribution in [0.2, 0.25) is 0 Å². The Hall–Kier alpha value is -1.17. The lowest BCUT2D eigenvalue weighted by Crippen LogP contribution is -2.29. The molecule has 0 fully saturated rings. The quantitative estimate of drug-likeness (QED) is 0.730. The van der Waals surface area contributed by atoms with Gasteiger partial charge in [0.1, 0.15) is 17.7 Å². The van der Waals surface area contributed by atoms with Crippen LogP contribution in [0, 0.1) is 18.6 Å². The molecule has 0 aliphatic carbocycles. The minimum atomic E-state index is -4.72. The smallest absolute Gasteiger partial charge is 0.316 e. The molecule has 0 spiro atoms. The number of benzene rings is 1. The van der Waals surface area contributed by atoms with Gasteiger partial charge >= 0.3 is 6.18 Å². The summed E-state index contributed by atoms with van der Waals surface area (Å²) in [6.07, 6.45) is -4.72. The third kappa shape index (κ3) is 2.44. The zero-order chi connectivity index (χ0) is 11.8. The number of halogens is 5. The molecule has 1 aromatic carbocycles. The Morgan fingerprint density at radius 1 is 1.20 bits per heavy atom. The van der Waals surface area contributed by atoms with Gasteiger partial charge in [-0.25, -0.2) is 8.78 Å². The Labute approximate surface area is 82.7 Å². The molecule has 15 heavy (non-hydrogen) atoms. The average Bonchev–Trinajstić information content (AvgIpc) is 2.08. The molecule has 0 heterocycles. The predicted octanol–water partition coefficient (Wildman–Crippen LogP) is 2.84. The van der Waals surface area contributed by atoms with Crippen LogP contribution in [-0.4, -0.2) is 6.18 Å². The van der Waals surface area contributed by atoms with E-state index in [0.717, 1.165) is 6.92 Å². The fourth-order valence-corrected chi connectivity index (χ4v) is 1.17. The van der Waals surface area contributed by atoms with Gasteiger partial charge in [-0.05, 0) is 24.1 Å². The third-order valence-electron chi connectivity index (χ3n) is 2.04. The topological polar surface area (TPSA) is 26.0 Å². The minimum Gasteiger partial charge on any atom is -0.316 e. The first kappa shape index (κ1) is 11.9. The minimum absolute atomic E-state index is 0.291. The Kier molecular flexibility index (Phi) is 2.99. The summed E-state index contributed by atoms with van der Waals surface area (Å²) < 4.78 is 62.2. The molecule has 0 aromatic heterocycles. The fraction of sp³-hybridized carbons (Fsp3) is 0.333. The molecule has 6 heteroatoms. The number of nitrogens with two attached hydrogens (primary N) is 1. The first-order valence-electron chi connectivity index (χ1n) is 4.01. The van der Waals surface area contributed by atoms with E-state index in [1.165, 1.54) is 0 Å². The molecule has 1 aromatic rings. The van der Waals surface area contributed by atoms with E-state index < -0.39 is 29.4 Å². The standard InChI is InChI=1S/C9H8F5N/c1-4-6(8(15)9(12,13)14)2-5(10)3-7(4)11/h2-3,8H,15H2,1H3. The molecule has 1 rings (SSSR count). The lowest BCUT2D eigenvalue weighted by Gasteiger charge is -2.18. The summed E-state index contributed by atoms with van der Waals surface area (Å²) in [5.41, 5.74) is 3.98. The molecule has 0 radical (unpaired) electrons. The Balaban J connectivity index is 3.25. The van der Waals surface area contributed by atoms with Crippen LogP contribution >= 0.6 is 0 Å². The van der Waals surface area contributed by atoms with Gasteiger partial charge in [0.15, 0.2) is 0 Å². The Morgan fingerprint density at radius 2 is 1.73 bits per heavy atom. The van der Waals surface area contributed by atoms with E-state index in [1.807, 2.05) is 0 Å². The molecule has 84 valence electrons. The van der Waals surface area contributed by atoms with E-state index >= 15 is 0 Å². The molecule has 1 atom stereocenters. The lowest BCUT2D eigenvalue weighted by molar-refractivity contribution is -0.149. The van der Waals surface area contributed by atoms with Gasteiger partial charge in [-0.1, -0.05) is 0 Å². The molecular formula is C9H8F5N. The Morgan fingerprint density at radius 3 is 2.20 bits per heavy atom. The van der Waals surface area contributed by atoms with Crippen molar-refractivity contribution < 1.29 is 22.0 Å². The van der Waals surface area contributed by atoms with Gasteiger partial charge in [0.25, 0.3) is 0 Å². The highest BCUT2D eigenvalue weighted by molar-refractivity contribution is 5.31. The molecule has 0 aliphatic heterocycles. The van der Waals surface area contributed by atoms with Gasteiger partial charge in [0, 0.05) is 6.07 Å². The van der Waals surface area contributed by atoms with Crippen LogP contribution in [-0.2, 0) is 0 Å². The van der Waals surface area contributed by atoms with Crippen molar-refractivity contribution in [2.75, 3.05) is 0 Å². The number of alkyl halides is 3. The first-order valence-corrected chi connectivity index (χ1v) is 4.01. The molecule has 1 unspecified atom stereocenters. The summed E-state index contributed by atoms with van der Waals surface area (Å²) in [4.78, 5) is 0. The van der Waals surface area contributed by atoms with Crippen molar-refractivity contribution in [3.8, 4) is 0 Å².